The lowest BCUT2D eigenvalue weighted by Gasteiger charge is -2.27. The molecule has 4 heteroatoms. The third kappa shape index (κ3) is 7.79. The highest BCUT2D eigenvalue weighted by Crippen LogP contribution is 2.45. The van der Waals surface area contributed by atoms with Crippen LogP contribution in [-0.4, -0.2) is 19.6 Å². The van der Waals surface area contributed by atoms with Gasteiger partial charge in [-0.3, -0.25) is 9.55 Å². The van der Waals surface area contributed by atoms with Crippen LogP contribution in [-0.2, 0) is 16.2 Å². The number of benzene rings is 6. The van der Waals surface area contributed by atoms with Crippen LogP contribution in [0.3, 0.4) is 0 Å². The lowest BCUT2D eigenvalue weighted by molar-refractivity contribution is 0.446. The van der Waals surface area contributed by atoms with Gasteiger partial charge in [0.15, 0.2) is 0 Å². The van der Waals surface area contributed by atoms with Crippen molar-refractivity contribution >= 4 is 11.0 Å². The van der Waals surface area contributed by atoms with Crippen LogP contribution in [0.5, 0.6) is 5.75 Å². The summed E-state index contributed by atoms with van der Waals surface area (Å²) >= 11 is 0. The van der Waals surface area contributed by atoms with Gasteiger partial charge in [0.25, 0.3) is 0 Å². The molecule has 8 rings (SSSR count). The number of imidazole rings is 1. The standard InChI is InChI=1S/C56H57N3O/c1-35-20-22-37(23-21-35)39-26-27-57-49(32-39)41-29-40(30-42(31-41)54(3,4)5)46-18-15-19-50-51(46)58-53(47-33-43(55(6,7)8)34-48(52(47)60)56(9,10)11)59(50)44-24-25-45(36(2)28-44)38-16-13-12-14-17-38/h12-34,60H,1-11H3/i1D3,9D3,10D3. The molecule has 0 fully saturated rings. The van der Waals surface area contributed by atoms with Crippen molar-refractivity contribution in [3.63, 3.8) is 0 Å². The summed E-state index contributed by atoms with van der Waals surface area (Å²) in [7, 11) is 0. The van der Waals surface area contributed by atoms with Gasteiger partial charge in [-0.1, -0.05) is 153 Å². The predicted octanol–water partition coefficient (Wildman–Crippen LogP) is 15.0. The summed E-state index contributed by atoms with van der Waals surface area (Å²) in [5.74, 6) is -0.164. The summed E-state index contributed by atoms with van der Waals surface area (Å²) in [6, 6.07) is 42.6. The van der Waals surface area contributed by atoms with E-state index in [4.69, 9.17) is 22.3 Å². The first-order valence-electron chi connectivity index (χ1n) is 24.9. The Labute approximate surface area is 369 Å². The summed E-state index contributed by atoms with van der Waals surface area (Å²) < 4.78 is 77.2. The summed E-state index contributed by atoms with van der Waals surface area (Å²) in [5.41, 5.74) is 8.64. The fraction of sp³-hybridized carbons (Fsp3) is 0.250. The molecule has 0 bridgehead atoms. The summed E-state index contributed by atoms with van der Waals surface area (Å²) in [6.07, 6.45) is 1.75. The van der Waals surface area contributed by atoms with Crippen molar-refractivity contribution in [2.45, 2.75) is 92.2 Å². The van der Waals surface area contributed by atoms with E-state index in [1.165, 1.54) is 13.0 Å². The lowest BCUT2D eigenvalue weighted by Crippen LogP contribution is -2.17. The van der Waals surface area contributed by atoms with Gasteiger partial charge in [0.05, 0.1) is 22.3 Å². The summed E-state index contributed by atoms with van der Waals surface area (Å²) in [5, 5.41) is 12.6. The Bertz CT molecular complexity index is 3210. The molecule has 0 aliphatic carbocycles. The Morgan fingerprint density at radius 2 is 1.28 bits per heavy atom. The zero-order valence-electron chi connectivity index (χ0n) is 44.6. The molecule has 0 aliphatic rings. The molecule has 0 saturated heterocycles. The largest absolute Gasteiger partial charge is 0.507 e. The van der Waals surface area contributed by atoms with E-state index in [-0.39, 0.29) is 22.1 Å². The second-order valence-corrected chi connectivity index (χ2v) is 18.2. The highest BCUT2D eigenvalue weighted by molar-refractivity contribution is 5.97. The van der Waals surface area contributed by atoms with Gasteiger partial charge in [-0.15, -0.1) is 0 Å². The van der Waals surface area contributed by atoms with Crippen molar-refractivity contribution < 1.29 is 17.4 Å². The average molecular weight is 797 g/mol. The second-order valence-electron chi connectivity index (χ2n) is 18.2. The number of para-hydroxylation sites is 1. The van der Waals surface area contributed by atoms with E-state index < -0.39 is 37.1 Å². The van der Waals surface area contributed by atoms with Crippen molar-refractivity contribution in [2.75, 3.05) is 0 Å². The van der Waals surface area contributed by atoms with Crippen LogP contribution in [0.15, 0.2) is 140 Å². The maximum absolute atomic E-state index is 12.6. The fourth-order valence-corrected chi connectivity index (χ4v) is 7.92. The minimum Gasteiger partial charge on any atom is -0.507 e. The van der Waals surface area contributed by atoms with Crippen LogP contribution in [0.1, 0.15) is 102 Å². The molecule has 0 spiro atoms. The van der Waals surface area contributed by atoms with Crippen molar-refractivity contribution in [3.05, 3.63) is 167 Å². The van der Waals surface area contributed by atoms with Gasteiger partial charge < -0.3 is 5.11 Å². The van der Waals surface area contributed by atoms with Gasteiger partial charge in [0, 0.05) is 40.9 Å². The number of aromatic nitrogens is 3. The van der Waals surface area contributed by atoms with Crippen LogP contribution in [0, 0.1) is 13.8 Å². The van der Waals surface area contributed by atoms with Crippen molar-refractivity contribution in [1.29, 1.82) is 0 Å². The monoisotopic (exact) mass is 797 g/mol. The first-order valence-corrected chi connectivity index (χ1v) is 20.4. The van der Waals surface area contributed by atoms with Crippen LogP contribution < -0.4 is 0 Å². The van der Waals surface area contributed by atoms with E-state index in [0.717, 1.165) is 61.5 Å². The molecule has 0 amide bonds. The van der Waals surface area contributed by atoms with E-state index in [0.29, 0.717) is 22.4 Å². The van der Waals surface area contributed by atoms with Gasteiger partial charge in [-0.05, 0) is 123 Å². The Kier molecular flexibility index (Phi) is 7.73. The molecule has 2 heterocycles. The maximum Gasteiger partial charge on any atom is 0.149 e. The molecule has 0 aliphatic heterocycles. The Hall–Kier alpha value is -6.26. The van der Waals surface area contributed by atoms with Gasteiger partial charge in [-0.2, -0.15) is 0 Å². The highest BCUT2D eigenvalue weighted by atomic mass is 16.3. The van der Waals surface area contributed by atoms with Gasteiger partial charge in [0.2, 0.25) is 0 Å². The van der Waals surface area contributed by atoms with Crippen LogP contribution in [0.25, 0.3) is 72.7 Å². The fourth-order valence-electron chi connectivity index (χ4n) is 7.92. The number of hydrogen-bond donors (Lipinski definition) is 1. The third-order valence-corrected chi connectivity index (χ3v) is 11.4. The van der Waals surface area contributed by atoms with Crippen molar-refractivity contribution in [1.82, 2.24) is 14.5 Å². The van der Waals surface area contributed by atoms with E-state index in [1.807, 2.05) is 99.0 Å². The van der Waals surface area contributed by atoms with Gasteiger partial charge in [-0.25, -0.2) is 4.98 Å². The number of nitrogens with zero attached hydrogens (tertiary/aromatic N) is 3. The SMILES string of the molecule is [2H]C([2H])([2H])c1ccc(-c2ccnc(-c3cc(-c4cccc5c4nc(-c4cc(C(C)(C)C)cc(C(C)(C([2H])([2H])[2H])C([2H])([2H])[2H])c4O)n5-c4ccc(-c5ccccc5)c(C)c4)cc(C(C)(C)C)c3)c2)cc1. The number of fused-ring (bicyclic) bond motifs is 1. The highest BCUT2D eigenvalue weighted by Gasteiger charge is 2.29. The third-order valence-electron chi connectivity index (χ3n) is 11.4. The predicted molar refractivity (Wildman–Crippen MR) is 253 cm³/mol. The summed E-state index contributed by atoms with van der Waals surface area (Å²) in [6.45, 7) is 7.28. The average Bonchev–Trinajstić information content (AvgIpc) is 3.67. The Morgan fingerprint density at radius 1 is 0.567 bits per heavy atom. The maximum atomic E-state index is 12.6. The van der Waals surface area contributed by atoms with Gasteiger partial charge in [0.1, 0.15) is 11.6 Å². The number of aromatic hydroxyl groups is 1. The van der Waals surface area contributed by atoms with Gasteiger partial charge >= 0.3 is 0 Å². The quantitative estimate of drug-likeness (QED) is 0.182. The molecule has 2 aromatic heterocycles. The molecule has 1 N–H and O–H groups in total. The van der Waals surface area contributed by atoms with Crippen molar-refractivity contribution in [2.24, 2.45) is 0 Å². The molecule has 6 aromatic carbocycles. The number of pyridine rings is 1. The zero-order valence-corrected chi connectivity index (χ0v) is 35.6. The number of rotatable bonds is 6. The molecule has 60 heavy (non-hydrogen) atoms. The molecule has 8 aromatic rings. The molecule has 0 saturated carbocycles. The molecule has 0 radical (unpaired) electrons. The minimum absolute atomic E-state index is 0.195. The van der Waals surface area contributed by atoms with Crippen molar-refractivity contribution in [3.8, 4) is 67.5 Å². The minimum atomic E-state index is -3.03. The molecule has 4 nitrogen and oxygen atoms in total. The zero-order chi connectivity index (χ0) is 50.2. The molecule has 0 atom stereocenters. The number of aryl methyl sites for hydroxylation is 2. The van der Waals surface area contributed by atoms with Crippen LogP contribution in [0.4, 0.5) is 0 Å². The topological polar surface area (TPSA) is 50.9 Å². The number of phenols is 1. The van der Waals surface area contributed by atoms with E-state index in [2.05, 4.69) is 63.2 Å². The number of phenolic OH excluding ortho intramolecular Hbond substituents is 1. The normalized spacial score (nSPS) is 15.2. The Morgan fingerprint density at radius 3 is 1.97 bits per heavy atom. The van der Waals surface area contributed by atoms with E-state index in [1.54, 1.807) is 24.4 Å². The van der Waals surface area contributed by atoms with E-state index >= 15 is 0 Å². The van der Waals surface area contributed by atoms with Crippen LogP contribution >= 0.6 is 0 Å². The lowest BCUT2D eigenvalue weighted by atomic mass is 9.79. The first-order chi connectivity index (χ1) is 32.1. The molecule has 0 unspecified atom stereocenters. The molecular weight excluding hydrogens is 731 g/mol. The van der Waals surface area contributed by atoms with E-state index in [9.17, 15) is 5.11 Å². The first kappa shape index (κ1) is 30.7. The van der Waals surface area contributed by atoms with Crippen LogP contribution in [0.2, 0.25) is 0 Å². The molecular formula is C56H57N3O. The second kappa shape index (κ2) is 15.1. The summed E-state index contributed by atoms with van der Waals surface area (Å²) in [4.78, 5) is 10.2. The Balaban J connectivity index is 1.41. The smallest absolute Gasteiger partial charge is 0.149 e. The molecule has 302 valence electrons. The number of hydrogen-bond acceptors (Lipinski definition) is 3.